The lowest BCUT2D eigenvalue weighted by molar-refractivity contribution is 0.191. The Labute approximate surface area is 115 Å². The van der Waals surface area contributed by atoms with Crippen LogP contribution in [-0.4, -0.2) is 21.4 Å². The fourth-order valence-corrected chi connectivity index (χ4v) is 2.21. The van der Waals surface area contributed by atoms with E-state index in [1.807, 2.05) is 0 Å². The maximum Gasteiger partial charge on any atom is 0.206 e. The van der Waals surface area contributed by atoms with E-state index in [-0.39, 0.29) is 0 Å². The van der Waals surface area contributed by atoms with Crippen molar-refractivity contribution in [2.45, 2.75) is 7.77 Å². The zero-order chi connectivity index (χ0) is 12.6. The Balaban J connectivity index is 3.12. The lowest BCUT2D eigenvalue weighted by Crippen LogP contribution is -2.31. The molecule has 0 spiro atoms. The highest BCUT2D eigenvalue weighted by Gasteiger charge is 2.43. The first-order chi connectivity index (χ1) is 7.16. The minimum absolute atomic E-state index is 0.332. The maximum absolute atomic E-state index is 12.7. The second kappa shape index (κ2) is 4.87. The van der Waals surface area contributed by atoms with Crippen LogP contribution in [0, 0.1) is 5.82 Å². The summed E-state index contributed by atoms with van der Waals surface area (Å²) in [5.41, 5.74) is 0.332. The minimum atomic E-state index is -3.50. The Kier molecular flexibility index (Phi) is 4.36. The van der Waals surface area contributed by atoms with Gasteiger partial charge in [-0.15, -0.1) is 0 Å². The average molecular weight is 423 g/mol. The van der Waals surface area contributed by atoms with E-state index in [2.05, 4.69) is 15.9 Å². The molecule has 0 heterocycles. The number of aliphatic hydroxyl groups excluding tert-OH is 1. The second-order valence-corrected chi connectivity index (χ2v) is 11.2. The highest BCUT2D eigenvalue weighted by Crippen LogP contribution is 2.44. The number of alkyl halides is 2. The number of sulfone groups is 1. The fraction of sp³-hybridized carbons (Fsp3) is 0.333. The van der Waals surface area contributed by atoms with Crippen molar-refractivity contribution < 1.29 is 17.9 Å². The third-order valence-electron chi connectivity index (χ3n) is 2.00. The van der Waals surface area contributed by atoms with Crippen molar-refractivity contribution >= 4 is 48.4 Å². The third-order valence-corrected chi connectivity index (χ3v) is 8.40. The normalized spacial score (nSPS) is 17.8. The molecule has 0 aliphatic carbocycles. The van der Waals surface area contributed by atoms with Crippen LogP contribution in [0.4, 0.5) is 4.39 Å². The van der Waals surface area contributed by atoms with Crippen molar-refractivity contribution in [3.8, 4) is 0 Å². The molecule has 0 radical (unpaired) electrons. The molecule has 0 fully saturated rings. The Morgan fingerprint density at radius 3 is 2.25 bits per heavy atom. The summed E-state index contributed by atoms with van der Waals surface area (Å²) in [5.74, 6) is -0.441. The molecule has 0 aromatic heterocycles. The largest absolute Gasteiger partial charge is 0.385 e. The van der Waals surface area contributed by atoms with E-state index >= 15 is 0 Å². The molecule has 7 heteroatoms. The van der Waals surface area contributed by atoms with Crippen molar-refractivity contribution in [2.75, 3.05) is 6.26 Å². The number of aliphatic hydroxyl groups is 1. The Hall–Kier alpha value is 0.270. The summed E-state index contributed by atoms with van der Waals surface area (Å²) < 4.78 is 34.0. The molecule has 3 nitrogen and oxygen atoms in total. The van der Waals surface area contributed by atoms with Crippen molar-refractivity contribution in [1.29, 1.82) is 0 Å². The van der Waals surface area contributed by atoms with Crippen LogP contribution < -0.4 is 0 Å². The van der Waals surface area contributed by atoms with E-state index in [9.17, 15) is 17.9 Å². The van der Waals surface area contributed by atoms with Crippen molar-refractivity contribution in [1.82, 2.24) is 0 Å². The van der Waals surface area contributed by atoms with Gasteiger partial charge in [0.1, 0.15) is 11.9 Å². The predicted molar refractivity (Wildman–Crippen MR) is 71.9 cm³/mol. The summed E-state index contributed by atoms with van der Waals surface area (Å²) in [6.45, 7) is 0. The van der Waals surface area contributed by atoms with Gasteiger partial charge in [0.25, 0.3) is 0 Å². The molecule has 16 heavy (non-hydrogen) atoms. The topological polar surface area (TPSA) is 54.4 Å². The van der Waals surface area contributed by atoms with E-state index in [0.29, 0.717) is 5.56 Å². The highest BCUT2D eigenvalue weighted by atomic mass is 127. The number of hydrogen-bond donors (Lipinski definition) is 1. The summed E-state index contributed by atoms with van der Waals surface area (Å²) in [5, 5.41) is 9.92. The molecule has 0 bridgehead atoms. The lowest BCUT2D eigenvalue weighted by Gasteiger charge is -2.25. The number of benzene rings is 1. The molecule has 90 valence electrons. The summed E-state index contributed by atoms with van der Waals surface area (Å²) >= 11 is 4.58. The quantitative estimate of drug-likeness (QED) is 0.601. The van der Waals surface area contributed by atoms with Crippen LogP contribution in [0.25, 0.3) is 0 Å². The first kappa shape index (κ1) is 14.3. The Bertz CT molecular complexity index is 472. The van der Waals surface area contributed by atoms with Crippen molar-refractivity contribution in [3.05, 3.63) is 35.6 Å². The third kappa shape index (κ3) is 2.93. The molecule has 1 aromatic carbocycles. The number of hydrogen-bond acceptors (Lipinski definition) is 3. The van der Waals surface area contributed by atoms with Crippen LogP contribution in [0.3, 0.4) is 0 Å². The molecule has 0 aliphatic heterocycles. The molecular formula is C9H9BrFIO3S. The Morgan fingerprint density at radius 2 is 1.88 bits per heavy atom. The fourth-order valence-electron chi connectivity index (χ4n) is 1.04. The number of halogens is 3. The van der Waals surface area contributed by atoms with Gasteiger partial charge in [-0.1, -0.05) is 28.1 Å². The molecule has 0 amide bonds. The van der Waals surface area contributed by atoms with E-state index in [4.69, 9.17) is 0 Å². The van der Waals surface area contributed by atoms with E-state index in [0.717, 1.165) is 6.26 Å². The predicted octanol–water partition coefficient (Wildman–Crippen LogP) is 2.39. The first-order valence-corrected chi connectivity index (χ1v) is 7.93. The van der Waals surface area contributed by atoms with Gasteiger partial charge in [0.05, 0.1) is 0 Å². The van der Waals surface area contributed by atoms with Gasteiger partial charge in [-0.25, -0.2) is 12.8 Å². The van der Waals surface area contributed by atoms with Crippen molar-refractivity contribution in [2.24, 2.45) is 0 Å². The zero-order valence-electron chi connectivity index (χ0n) is 8.19. The van der Waals surface area contributed by atoms with Gasteiger partial charge >= 0.3 is 0 Å². The van der Waals surface area contributed by atoms with Crippen LogP contribution in [-0.2, 0) is 9.84 Å². The minimum Gasteiger partial charge on any atom is -0.385 e. The monoisotopic (exact) mass is 422 g/mol. The van der Waals surface area contributed by atoms with Crippen LogP contribution >= 0.6 is 38.5 Å². The highest BCUT2D eigenvalue weighted by molar-refractivity contribution is 14.1. The molecule has 1 aromatic rings. The molecule has 0 aliphatic rings. The molecule has 0 saturated heterocycles. The van der Waals surface area contributed by atoms with Gasteiger partial charge in [0, 0.05) is 6.26 Å². The van der Waals surface area contributed by atoms with Gasteiger partial charge in [0.2, 0.25) is 1.66 Å². The summed E-state index contributed by atoms with van der Waals surface area (Å²) in [6, 6.07) is 5.03. The SMILES string of the molecule is CS(=O)(=O)[C@](Br)(I)[C@H](O)c1ccc(F)cc1. The summed E-state index contributed by atoms with van der Waals surface area (Å²) in [7, 11) is -3.50. The smallest absolute Gasteiger partial charge is 0.206 e. The molecule has 1 rings (SSSR count). The zero-order valence-corrected chi connectivity index (χ0v) is 12.8. The van der Waals surface area contributed by atoms with Crippen LogP contribution in [0.1, 0.15) is 11.7 Å². The first-order valence-electron chi connectivity index (χ1n) is 4.17. The second-order valence-electron chi connectivity index (χ2n) is 3.29. The van der Waals surface area contributed by atoms with Gasteiger partial charge < -0.3 is 5.11 Å². The number of rotatable bonds is 3. The Morgan fingerprint density at radius 1 is 1.44 bits per heavy atom. The lowest BCUT2D eigenvalue weighted by atomic mass is 10.1. The van der Waals surface area contributed by atoms with Crippen LogP contribution in [0.15, 0.2) is 24.3 Å². The van der Waals surface area contributed by atoms with E-state index in [1.54, 1.807) is 22.6 Å². The summed E-state index contributed by atoms with van der Waals surface area (Å²) in [4.78, 5) is 0. The molecule has 0 saturated carbocycles. The van der Waals surface area contributed by atoms with Crippen molar-refractivity contribution in [3.63, 3.8) is 0 Å². The molecule has 2 atom stereocenters. The standard InChI is InChI=1S/C9H9BrFIO3S/c1-16(14,15)9(10,12)8(13)6-2-4-7(11)5-3-6/h2-5,8,13H,1H3/t8-,9-/m1/s1. The van der Waals surface area contributed by atoms with Crippen LogP contribution in [0.2, 0.25) is 0 Å². The molecular weight excluding hydrogens is 414 g/mol. The molecule has 1 N–H and O–H groups in total. The maximum atomic E-state index is 12.7. The summed E-state index contributed by atoms with van der Waals surface area (Å²) in [6.07, 6.45) is -0.260. The van der Waals surface area contributed by atoms with Gasteiger partial charge in [-0.2, -0.15) is 0 Å². The van der Waals surface area contributed by atoms with Gasteiger partial charge in [-0.05, 0) is 40.3 Å². The van der Waals surface area contributed by atoms with Gasteiger partial charge in [-0.3, -0.25) is 0 Å². The van der Waals surface area contributed by atoms with E-state index < -0.39 is 23.4 Å². The van der Waals surface area contributed by atoms with E-state index in [1.165, 1.54) is 24.3 Å². The molecule has 0 unspecified atom stereocenters. The van der Waals surface area contributed by atoms with Crippen LogP contribution in [0.5, 0.6) is 0 Å². The van der Waals surface area contributed by atoms with Gasteiger partial charge in [0.15, 0.2) is 9.84 Å². The average Bonchev–Trinajstić information content (AvgIpc) is 2.16.